The summed E-state index contributed by atoms with van der Waals surface area (Å²) in [6.45, 7) is 3.16. The number of rotatable bonds is 6. The molecular formula is C22H24N4O3. The van der Waals surface area contributed by atoms with Crippen molar-refractivity contribution in [2.24, 2.45) is 5.92 Å². The number of amides is 2. The largest absolute Gasteiger partial charge is 0.495 e. The summed E-state index contributed by atoms with van der Waals surface area (Å²) < 4.78 is 7.38. The molecule has 150 valence electrons. The number of carbonyl (C=O) groups excluding carboxylic acids is 2. The molecule has 1 saturated heterocycles. The first-order valence-electron chi connectivity index (χ1n) is 9.82. The van der Waals surface area contributed by atoms with Gasteiger partial charge in [-0.3, -0.25) is 14.9 Å². The van der Waals surface area contributed by atoms with Crippen LogP contribution < -0.4 is 15.0 Å². The van der Waals surface area contributed by atoms with E-state index in [-0.39, 0.29) is 18.2 Å². The highest BCUT2D eigenvalue weighted by atomic mass is 16.5. The van der Waals surface area contributed by atoms with Crippen molar-refractivity contribution in [3.63, 3.8) is 0 Å². The topological polar surface area (TPSA) is 76.5 Å². The highest BCUT2D eigenvalue weighted by Gasteiger charge is 2.36. The highest BCUT2D eigenvalue weighted by molar-refractivity contribution is 6.04. The Balaban J connectivity index is 1.55. The van der Waals surface area contributed by atoms with Crippen LogP contribution in [0.2, 0.25) is 0 Å². The molecule has 1 aliphatic rings. The molecule has 0 spiro atoms. The van der Waals surface area contributed by atoms with E-state index < -0.39 is 5.92 Å². The quantitative estimate of drug-likeness (QED) is 0.697. The third-order valence-corrected chi connectivity index (χ3v) is 5.21. The van der Waals surface area contributed by atoms with Crippen molar-refractivity contribution < 1.29 is 14.3 Å². The van der Waals surface area contributed by atoms with Gasteiger partial charge in [0.25, 0.3) is 0 Å². The average molecular weight is 392 g/mol. The van der Waals surface area contributed by atoms with Gasteiger partial charge in [0.1, 0.15) is 5.75 Å². The van der Waals surface area contributed by atoms with Crippen LogP contribution in [0.5, 0.6) is 5.75 Å². The van der Waals surface area contributed by atoms with Gasteiger partial charge in [-0.15, -0.1) is 0 Å². The van der Waals surface area contributed by atoms with Gasteiger partial charge in [-0.05, 0) is 30.7 Å². The maximum absolute atomic E-state index is 13.0. The molecule has 1 aliphatic heterocycles. The average Bonchev–Trinajstić information content (AvgIpc) is 3.29. The summed E-state index contributed by atoms with van der Waals surface area (Å²) in [7, 11) is 1.57. The number of aromatic nitrogens is 2. The Bertz CT molecular complexity index is 1060. The van der Waals surface area contributed by atoms with Crippen LogP contribution in [0.15, 0.2) is 48.5 Å². The summed E-state index contributed by atoms with van der Waals surface area (Å²) in [5.74, 6) is 0.426. The first-order chi connectivity index (χ1) is 14.1. The van der Waals surface area contributed by atoms with Crippen molar-refractivity contribution in [1.29, 1.82) is 0 Å². The summed E-state index contributed by atoms with van der Waals surface area (Å²) in [5.41, 5.74) is 2.52. The molecule has 7 nitrogen and oxygen atoms in total. The molecule has 0 saturated carbocycles. The predicted molar refractivity (Wildman–Crippen MR) is 112 cm³/mol. The number of carbonyl (C=O) groups is 2. The predicted octanol–water partition coefficient (Wildman–Crippen LogP) is 3.45. The molecule has 2 aromatic carbocycles. The molecule has 1 aromatic heterocycles. The van der Waals surface area contributed by atoms with Gasteiger partial charge in [0.05, 0.1) is 29.7 Å². The van der Waals surface area contributed by atoms with Gasteiger partial charge in [-0.1, -0.05) is 31.2 Å². The smallest absolute Gasteiger partial charge is 0.232 e. The molecule has 1 fully saturated rings. The van der Waals surface area contributed by atoms with Crippen molar-refractivity contribution in [3.8, 4) is 5.75 Å². The number of benzene rings is 2. The zero-order chi connectivity index (χ0) is 20.4. The summed E-state index contributed by atoms with van der Waals surface area (Å²) in [4.78, 5) is 31.7. The minimum atomic E-state index is -0.442. The molecule has 0 aliphatic carbocycles. The van der Waals surface area contributed by atoms with Crippen molar-refractivity contribution >= 4 is 34.5 Å². The van der Waals surface area contributed by atoms with Crippen LogP contribution >= 0.6 is 0 Å². The molecule has 2 amide bonds. The van der Waals surface area contributed by atoms with Crippen LogP contribution in [0.4, 0.5) is 11.6 Å². The number of ether oxygens (including phenoxy) is 1. The van der Waals surface area contributed by atoms with Gasteiger partial charge < -0.3 is 14.2 Å². The molecule has 3 aromatic rings. The molecule has 4 rings (SSSR count). The zero-order valence-corrected chi connectivity index (χ0v) is 16.6. The van der Waals surface area contributed by atoms with Crippen LogP contribution in [0.1, 0.15) is 19.8 Å². The van der Waals surface area contributed by atoms with Gasteiger partial charge in [-0.25, -0.2) is 4.98 Å². The maximum atomic E-state index is 13.0. The summed E-state index contributed by atoms with van der Waals surface area (Å²) in [6.07, 6.45) is 1.09. The minimum Gasteiger partial charge on any atom is -0.495 e. The van der Waals surface area contributed by atoms with E-state index in [9.17, 15) is 9.59 Å². The fourth-order valence-electron chi connectivity index (χ4n) is 3.80. The molecule has 29 heavy (non-hydrogen) atoms. The van der Waals surface area contributed by atoms with E-state index in [4.69, 9.17) is 4.74 Å². The lowest BCUT2D eigenvalue weighted by molar-refractivity contribution is -0.122. The number of para-hydroxylation sites is 4. The second-order valence-electron chi connectivity index (χ2n) is 7.14. The molecule has 0 radical (unpaired) electrons. The third-order valence-electron chi connectivity index (χ3n) is 5.21. The van der Waals surface area contributed by atoms with Gasteiger partial charge in [0.15, 0.2) is 0 Å². The van der Waals surface area contributed by atoms with Crippen LogP contribution in [-0.2, 0) is 16.1 Å². The summed E-state index contributed by atoms with van der Waals surface area (Å²) in [6, 6.07) is 15.2. The Hall–Kier alpha value is -3.35. The fourth-order valence-corrected chi connectivity index (χ4v) is 3.80. The lowest BCUT2D eigenvalue weighted by Crippen LogP contribution is -2.29. The van der Waals surface area contributed by atoms with Crippen LogP contribution in [0.3, 0.4) is 0 Å². The van der Waals surface area contributed by atoms with Crippen molar-refractivity contribution in [2.75, 3.05) is 23.9 Å². The van der Waals surface area contributed by atoms with Crippen molar-refractivity contribution in [2.45, 2.75) is 26.3 Å². The number of anilines is 2. The molecule has 7 heteroatoms. The Kier molecular flexibility index (Phi) is 5.20. The second-order valence-corrected chi connectivity index (χ2v) is 7.14. The molecule has 0 bridgehead atoms. The van der Waals surface area contributed by atoms with E-state index in [1.54, 1.807) is 12.0 Å². The SMILES string of the molecule is CCCn1c(NC(=O)C2CC(=O)N(c3ccccc3OC)C2)nc2ccccc21. The third kappa shape index (κ3) is 3.55. The van der Waals surface area contributed by atoms with Crippen LogP contribution in [0, 0.1) is 5.92 Å². The monoisotopic (exact) mass is 392 g/mol. The highest BCUT2D eigenvalue weighted by Crippen LogP contribution is 2.33. The molecule has 1 unspecified atom stereocenters. The van der Waals surface area contributed by atoms with Gasteiger partial charge in [-0.2, -0.15) is 0 Å². The normalized spacial score (nSPS) is 16.4. The van der Waals surface area contributed by atoms with E-state index in [0.29, 0.717) is 23.9 Å². The molecule has 1 N–H and O–H groups in total. The van der Waals surface area contributed by atoms with Crippen molar-refractivity contribution in [3.05, 3.63) is 48.5 Å². The number of hydrogen-bond donors (Lipinski definition) is 1. The molecule has 1 atom stereocenters. The van der Waals surface area contributed by atoms with E-state index >= 15 is 0 Å². The van der Waals surface area contributed by atoms with E-state index in [2.05, 4.69) is 17.2 Å². The van der Waals surface area contributed by atoms with E-state index in [0.717, 1.165) is 24.0 Å². The Morgan fingerprint density at radius 3 is 2.76 bits per heavy atom. The maximum Gasteiger partial charge on any atom is 0.232 e. The second kappa shape index (κ2) is 7.95. The Labute approximate surface area is 169 Å². The molecular weight excluding hydrogens is 368 g/mol. The number of fused-ring (bicyclic) bond motifs is 1. The zero-order valence-electron chi connectivity index (χ0n) is 16.6. The summed E-state index contributed by atoms with van der Waals surface area (Å²) >= 11 is 0. The van der Waals surface area contributed by atoms with Gasteiger partial charge in [0.2, 0.25) is 17.8 Å². The first-order valence-corrected chi connectivity index (χ1v) is 9.82. The van der Waals surface area contributed by atoms with Crippen LogP contribution in [-0.4, -0.2) is 35.0 Å². The Morgan fingerprint density at radius 1 is 1.21 bits per heavy atom. The first kappa shape index (κ1) is 19.0. The van der Waals surface area contributed by atoms with E-state index in [1.807, 2.05) is 53.1 Å². The summed E-state index contributed by atoms with van der Waals surface area (Å²) in [5, 5.41) is 2.95. The Morgan fingerprint density at radius 2 is 1.97 bits per heavy atom. The van der Waals surface area contributed by atoms with Crippen LogP contribution in [0.25, 0.3) is 11.0 Å². The number of aryl methyl sites for hydroxylation is 1. The standard InChI is InChI=1S/C22H24N4O3/c1-3-12-25-17-9-5-4-8-16(17)23-22(25)24-21(28)15-13-20(27)26(14-15)18-10-6-7-11-19(18)29-2/h4-11,15H,3,12-14H2,1-2H3,(H,23,24,28). The van der Waals surface area contributed by atoms with E-state index in [1.165, 1.54) is 0 Å². The minimum absolute atomic E-state index is 0.0864. The number of nitrogens with one attached hydrogen (secondary N) is 1. The fraction of sp³-hybridized carbons (Fsp3) is 0.318. The number of imidazole rings is 1. The lowest BCUT2D eigenvalue weighted by atomic mass is 10.1. The lowest BCUT2D eigenvalue weighted by Gasteiger charge is -2.19. The van der Waals surface area contributed by atoms with Gasteiger partial charge in [0, 0.05) is 19.5 Å². The number of nitrogens with zero attached hydrogens (tertiary/aromatic N) is 3. The van der Waals surface area contributed by atoms with Gasteiger partial charge >= 0.3 is 0 Å². The van der Waals surface area contributed by atoms with Crippen molar-refractivity contribution in [1.82, 2.24) is 9.55 Å². The number of hydrogen-bond acceptors (Lipinski definition) is 4. The number of methoxy groups -OCH3 is 1. The molecule has 2 heterocycles.